The smallest absolute Gasteiger partial charge is 0.192 e. The van der Waals surface area contributed by atoms with E-state index in [4.69, 9.17) is 4.42 Å². The Morgan fingerprint density at radius 1 is 1.39 bits per heavy atom. The molecule has 0 fully saturated rings. The third-order valence-corrected chi connectivity index (χ3v) is 3.47. The molecule has 1 aromatic carbocycles. The lowest BCUT2D eigenvalue weighted by atomic mass is 10.1. The second-order valence-electron chi connectivity index (χ2n) is 3.91. The van der Waals surface area contributed by atoms with E-state index in [1.165, 1.54) is 11.3 Å². The number of hydrogen-bond donors (Lipinski definition) is 0. The number of aldehydes is 1. The monoisotopic (exact) mass is 258 g/mol. The molecular formula is C13H10N2O2S. The Balaban J connectivity index is 2.03. The zero-order valence-electron chi connectivity index (χ0n) is 9.71. The number of carbonyl (C=O) groups is 1. The Hall–Kier alpha value is -2.01. The Kier molecular flexibility index (Phi) is 2.68. The second-order valence-corrected chi connectivity index (χ2v) is 4.86. The molecule has 90 valence electrons. The number of oxazole rings is 1. The van der Waals surface area contributed by atoms with Crippen LogP contribution in [0, 0.1) is 6.92 Å². The molecule has 3 aromatic rings. The number of fused-ring (bicyclic) bond motifs is 1. The Labute approximate surface area is 107 Å². The molecule has 0 saturated carbocycles. The maximum atomic E-state index is 10.4. The third kappa shape index (κ3) is 1.93. The zero-order valence-corrected chi connectivity index (χ0v) is 10.5. The Morgan fingerprint density at radius 2 is 2.28 bits per heavy atom. The largest absolute Gasteiger partial charge is 0.441 e. The van der Waals surface area contributed by atoms with Crippen molar-refractivity contribution in [2.75, 3.05) is 0 Å². The second kappa shape index (κ2) is 4.34. The van der Waals surface area contributed by atoms with Gasteiger partial charge in [0.25, 0.3) is 0 Å². The summed E-state index contributed by atoms with van der Waals surface area (Å²) in [6.07, 6.45) is 1.24. The standard InChI is InChI=1S/C13H10N2O2S/c1-8-14-10-6-9(2-3-12(10)17-8)11-7-18-13(15-11)4-5-16/h2-3,5-7H,4H2,1H3. The topological polar surface area (TPSA) is 56.0 Å². The lowest BCUT2D eigenvalue weighted by Gasteiger charge is -1.95. The predicted octanol–water partition coefficient (Wildman–Crippen LogP) is 3.00. The first-order valence-electron chi connectivity index (χ1n) is 5.52. The minimum atomic E-state index is 0.371. The molecule has 0 saturated heterocycles. The molecule has 0 atom stereocenters. The number of thiazole rings is 1. The summed E-state index contributed by atoms with van der Waals surface area (Å²) in [5.74, 6) is 0.655. The molecule has 2 heterocycles. The van der Waals surface area contributed by atoms with E-state index in [9.17, 15) is 4.79 Å². The van der Waals surface area contributed by atoms with Crippen LogP contribution in [0.25, 0.3) is 22.4 Å². The highest BCUT2D eigenvalue weighted by Crippen LogP contribution is 2.26. The Bertz CT molecular complexity index is 715. The molecule has 3 rings (SSSR count). The van der Waals surface area contributed by atoms with Crippen LogP contribution in [0.5, 0.6) is 0 Å². The summed E-state index contributed by atoms with van der Waals surface area (Å²) in [4.78, 5) is 19.1. The van der Waals surface area contributed by atoms with Crippen molar-refractivity contribution in [3.05, 3.63) is 34.5 Å². The molecule has 0 amide bonds. The van der Waals surface area contributed by atoms with Crippen molar-refractivity contribution < 1.29 is 9.21 Å². The van der Waals surface area contributed by atoms with Gasteiger partial charge in [-0.2, -0.15) is 0 Å². The van der Waals surface area contributed by atoms with Gasteiger partial charge in [0.2, 0.25) is 0 Å². The highest BCUT2D eigenvalue weighted by molar-refractivity contribution is 7.10. The van der Waals surface area contributed by atoms with E-state index >= 15 is 0 Å². The normalized spacial score (nSPS) is 10.9. The van der Waals surface area contributed by atoms with E-state index in [0.29, 0.717) is 12.3 Å². The van der Waals surface area contributed by atoms with E-state index in [0.717, 1.165) is 33.7 Å². The quantitative estimate of drug-likeness (QED) is 0.678. The van der Waals surface area contributed by atoms with Gasteiger partial charge in [-0.25, -0.2) is 9.97 Å². The van der Waals surface area contributed by atoms with Gasteiger partial charge in [0.1, 0.15) is 16.8 Å². The number of nitrogens with zero attached hydrogens (tertiary/aromatic N) is 2. The molecule has 0 aliphatic carbocycles. The van der Waals surface area contributed by atoms with Crippen molar-refractivity contribution >= 4 is 28.7 Å². The number of benzene rings is 1. The first kappa shape index (κ1) is 11.1. The molecule has 5 heteroatoms. The van der Waals surface area contributed by atoms with Crippen LogP contribution < -0.4 is 0 Å². The summed E-state index contributed by atoms with van der Waals surface area (Å²) in [5.41, 5.74) is 3.47. The molecule has 0 bridgehead atoms. The molecule has 18 heavy (non-hydrogen) atoms. The molecule has 0 aliphatic rings. The van der Waals surface area contributed by atoms with E-state index in [2.05, 4.69) is 9.97 Å². The van der Waals surface area contributed by atoms with Gasteiger partial charge < -0.3 is 9.21 Å². The summed E-state index contributed by atoms with van der Waals surface area (Å²) in [6, 6.07) is 5.79. The van der Waals surface area contributed by atoms with Gasteiger partial charge in [0.05, 0.1) is 12.1 Å². The summed E-state index contributed by atoms with van der Waals surface area (Å²) in [5, 5.41) is 2.78. The van der Waals surface area contributed by atoms with Gasteiger partial charge in [0.15, 0.2) is 11.5 Å². The lowest BCUT2D eigenvalue weighted by molar-refractivity contribution is -0.107. The van der Waals surface area contributed by atoms with Gasteiger partial charge in [-0.1, -0.05) is 0 Å². The van der Waals surface area contributed by atoms with Crippen LogP contribution in [0.2, 0.25) is 0 Å². The first-order valence-corrected chi connectivity index (χ1v) is 6.40. The summed E-state index contributed by atoms with van der Waals surface area (Å²) < 4.78 is 5.43. The predicted molar refractivity (Wildman–Crippen MR) is 69.6 cm³/mol. The maximum Gasteiger partial charge on any atom is 0.192 e. The van der Waals surface area contributed by atoms with Crippen LogP contribution in [0.15, 0.2) is 28.0 Å². The van der Waals surface area contributed by atoms with Crippen molar-refractivity contribution in [3.8, 4) is 11.3 Å². The summed E-state index contributed by atoms with van der Waals surface area (Å²) in [7, 11) is 0. The van der Waals surface area contributed by atoms with Crippen LogP contribution in [0.3, 0.4) is 0 Å². The molecule has 4 nitrogen and oxygen atoms in total. The number of aryl methyl sites for hydroxylation is 1. The van der Waals surface area contributed by atoms with Crippen molar-refractivity contribution in [3.63, 3.8) is 0 Å². The molecule has 0 unspecified atom stereocenters. The average Bonchev–Trinajstić information content (AvgIpc) is 2.93. The fourth-order valence-corrected chi connectivity index (χ4v) is 2.56. The van der Waals surface area contributed by atoms with Gasteiger partial charge in [-0.05, 0) is 18.2 Å². The van der Waals surface area contributed by atoms with Crippen LogP contribution in [-0.2, 0) is 11.2 Å². The summed E-state index contributed by atoms with van der Waals surface area (Å²) in [6.45, 7) is 1.82. The van der Waals surface area contributed by atoms with Crippen molar-refractivity contribution in [1.82, 2.24) is 9.97 Å². The minimum absolute atomic E-state index is 0.371. The third-order valence-electron chi connectivity index (χ3n) is 2.60. The molecule has 0 radical (unpaired) electrons. The first-order chi connectivity index (χ1) is 8.76. The number of aromatic nitrogens is 2. The minimum Gasteiger partial charge on any atom is -0.441 e. The van der Waals surface area contributed by atoms with Crippen molar-refractivity contribution in [2.45, 2.75) is 13.3 Å². The van der Waals surface area contributed by atoms with Gasteiger partial charge in [-0.15, -0.1) is 11.3 Å². The highest BCUT2D eigenvalue weighted by Gasteiger charge is 2.07. The number of hydrogen-bond acceptors (Lipinski definition) is 5. The zero-order chi connectivity index (χ0) is 12.5. The molecule has 0 N–H and O–H groups in total. The van der Waals surface area contributed by atoms with Gasteiger partial charge in [-0.3, -0.25) is 0 Å². The van der Waals surface area contributed by atoms with Gasteiger partial charge >= 0.3 is 0 Å². The fourth-order valence-electron chi connectivity index (χ4n) is 1.81. The van der Waals surface area contributed by atoms with Crippen LogP contribution in [0.1, 0.15) is 10.9 Å². The maximum absolute atomic E-state index is 10.4. The number of carbonyl (C=O) groups excluding carboxylic acids is 1. The molecule has 2 aromatic heterocycles. The Morgan fingerprint density at radius 3 is 3.11 bits per heavy atom. The average molecular weight is 258 g/mol. The highest BCUT2D eigenvalue weighted by atomic mass is 32.1. The molecule has 0 aliphatic heterocycles. The van der Waals surface area contributed by atoms with Gasteiger partial charge in [0, 0.05) is 17.9 Å². The van der Waals surface area contributed by atoms with E-state index < -0.39 is 0 Å². The van der Waals surface area contributed by atoms with E-state index in [-0.39, 0.29) is 0 Å². The van der Waals surface area contributed by atoms with Crippen LogP contribution in [0.4, 0.5) is 0 Å². The van der Waals surface area contributed by atoms with E-state index in [1.807, 2.05) is 30.5 Å². The van der Waals surface area contributed by atoms with Crippen molar-refractivity contribution in [2.24, 2.45) is 0 Å². The van der Waals surface area contributed by atoms with E-state index in [1.54, 1.807) is 0 Å². The number of rotatable bonds is 3. The van der Waals surface area contributed by atoms with Crippen molar-refractivity contribution in [1.29, 1.82) is 0 Å². The van der Waals surface area contributed by atoms with Crippen LogP contribution >= 0.6 is 11.3 Å². The SMILES string of the molecule is Cc1nc2cc(-c3csc(CC=O)n3)ccc2o1. The summed E-state index contributed by atoms with van der Waals surface area (Å²) >= 11 is 1.49. The molecule has 0 spiro atoms. The fraction of sp³-hybridized carbons (Fsp3) is 0.154. The van der Waals surface area contributed by atoms with Crippen LogP contribution in [-0.4, -0.2) is 16.3 Å². The lowest BCUT2D eigenvalue weighted by Crippen LogP contribution is -1.84. The molecular weight excluding hydrogens is 248 g/mol.